The van der Waals surface area contributed by atoms with Crippen LogP contribution in [0.3, 0.4) is 0 Å². The second-order valence-corrected chi connectivity index (χ2v) is 2.13. The number of rotatable bonds is 2. The Morgan fingerprint density at radius 3 is 3.23 bits per heavy atom. The molecular weight excluding hydrogens is 172 g/mol. The van der Waals surface area contributed by atoms with E-state index in [1.165, 1.54) is 19.4 Å². The van der Waals surface area contributed by atoms with Crippen molar-refractivity contribution in [1.29, 1.82) is 5.26 Å². The fraction of sp³-hybridized carbons (Fsp3) is 0.125. The molecule has 0 aliphatic heterocycles. The number of nitrogens with zero attached hydrogens (tertiary/aromatic N) is 2. The van der Waals surface area contributed by atoms with Gasteiger partial charge in [0.1, 0.15) is 6.07 Å². The Morgan fingerprint density at radius 1 is 1.85 bits per heavy atom. The predicted molar refractivity (Wildman–Crippen MR) is 42.8 cm³/mol. The van der Waals surface area contributed by atoms with E-state index in [1.54, 1.807) is 6.07 Å². The van der Waals surface area contributed by atoms with Crippen LogP contribution in [0.25, 0.3) is 0 Å². The van der Waals surface area contributed by atoms with Crippen LogP contribution in [0.15, 0.2) is 21.9 Å². The van der Waals surface area contributed by atoms with Gasteiger partial charge >= 0.3 is 5.97 Å². The molecule has 0 amide bonds. The van der Waals surface area contributed by atoms with Crippen LogP contribution in [0.4, 0.5) is 0 Å². The lowest BCUT2D eigenvalue weighted by Crippen LogP contribution is -1.91. The maximum absolute atomic E-state index is 10.3. The van der Waals surface area contributed by atoms with E-state index in [1.807, 2.05) is 6.07 Å². The minimum atomic E-state index is -0.516. The lowest BCUT2D eigenvalue weighted by molar-refractivity contribution is -0.140. The fourth-order valence-corrected chi connectivity index (χ4v) is 0.669. The quantitative estimate of drug-likeness (QED) is 0.385. The summed E-state index contributed by atoms with van der Waals surface area (Å²) < 4.78 is 4.78. The van der Waals surface area contributed by atoms with Gasteiger partial charge in [-0.3, -0.25) is 0 Å². The normalized spacial score (nSPS) is 9.85. The zero-order valence-corrected chi connectivity index (χ0v) is 6.85. The molecule has 0 aliphatic carbocycles. The van der Waals surface area contributed by atoms with Crippen LogP contribution >= 0.6 is 0 Å². The first-order chi connectivity index (χ1) is 6.24. The Bertz CT molecular complexity index is 373. The van der Waals surface area contributed by atoms with E-state index in [4.69, 9.17) is 9.68 Å². The molecule has 0 N–H and O–H groups in total. The molecular formula is C8H6N2O3. The summed E-state index contributed by atoms with van der Waals surface area (Å²) in [4.78, 5) is 14.6. The van der Waals surface area contributed by atoms with Gasteiger partial charge in [0.25, 0.3) is 0 Å². The van der Waals surface area contributed by atoms with E-state index in [-0.39, 0.29) is 5.76 Å². The topological polar surface area (TPSA) is 75.6 Å². The lowest BCUT2D eigenvalue weighted by atomic mass is 10.3. The van der Waals surface area contributed by atoms with Gasteiger partial charge in [0, 0.05) is 6.92 Å². The third-order valence-electron chi connectivity index (χ3n) is 1.17. The molecule has 0 radical (unpaired) electrons. The van der Waals surface area contributed by atoms with Gasteiger partial charge in [-0.2, -0.15) is 5.26 Å². The maximum atomic E-state index is 10.3. The molecule has 0 saturated heterocycles. The molecule has 0 fully saturated rings. The average molecular weight is 178 g/mol. The molecule has 0 spiro atoms. The number of hydrogen-bond acceptors (Lipinski definition) is 5. The van der Waals surface area contributed by atoms with Crippen molar-refractivity contribution in [3.8, 4) is 6.07 Å². The average Bonchev–Trinajstić information content (AvgIpc) is 2.51. The molecule has 0 atom stereocenters. The van der Waals surface area contributed by atoms with Crippen molar-refractivity contribution in [3.63, 3.8) is 0 Å². The first-order valence-electron chi connectivity index (χ1n) is 3.42. The number of oxime groups is 1. The van der Waals surface area contributed by atoms with Gasteiger partial charge in [-0.15, -0.1) is 0 Å². The van der Waals surface area contributed by atoms with Crippen molar-refractivity contribution in [2.75, 3.05) is 0 Å². The molecule has 0 unspecified atom stereocenters. The van der Waals surface area contributed by atoms with Crippen LogP contribution in [0, 0.1) is 11.3 Å². The molecule has 1 aromatic rings. The van der Waals surface area contributed by atoms with Crippen LogP contribution in [0.2, 0.25) is 0 Å². The van der Waals surface area contributed by atoms with Crippen molar-refractivity contribution >= 4 is 12.2 Å². The number of hydrogen-bond donors (Lipinski definition) is 0. The number of carbonyl (C=O) groups excluding carboxylic acids is 1. The molecule has 0 bridgehead atoms. The maximum Gasteiger partial charge on any atom is 0.331 e. The summed E-state index contributed by atoms with van der Waals surface area (Å²) in [5.41, 5.74) is 0.476. The predicted octanol–water partition coefficient (Wildman–Crippen LogP) is 1.05. The Morgan fingerprint density at radius 2 is 2.62 bits per heavy atom. The summed E-state index contributed by atoms with van der Waals surface area (Å²) in [5.74, 6) is -0.380. The largest absolute Gasteiger partial charge is 0.453 e. The van der Waals surface area contributed by atoms with Gasteiger partial charge in [0.05, 0.1) is 18.0 Å². The molecule has 5 heteroatoms. The highest BCUT2D eigenvalue weighted by Gasteiger charge is 2.01. The highest BCUT2D eigenvalue weighted by Crippen LogP contribution is 2.05. The van der Waals surface area contributed by atoms with E-state index in [0.29, 0.717) is 5.56 Å². The summed E-state index contributed by atoms with van der Waals surface area (Å²) in [5, 5.41) is 11.8. The van der Waals surface area contributed by atoms with Crippen molar-refractivity contribution in [2.24, 2.45) is 5.16 Å². The van der Waals surface area contributed by atoms with Crippen molar-refractivity contribution in [1.82, 2.24) is 0 Å². The molecule has 1 aromatic heterocycles. The molecule has 13 heavy (non-hydrogen) atoms. The van der Waals surface area contributed by atoms with E-state index < -0.39 is 5.97 Å². The van der Waals surface area contributed by atoms with Gasteiger partial charge < -0.3 is 9.25 Å². The standard InChI is InChI=1S/C8H6N2O3/c1-6(11)13-10-5-7-2-3-12-8(7)4-9/h2-3,5H,1H3/b10-5+. The molecule has 0 aliphatic rings. The summed E-state index contributed by atoms with van der Waals surface area (Å²) in [7, 11) is 0. The third kappa shape index (κ3) is 2.45. The fourth-order valence-electron chi connectivity index (χ4n) is 0.669. The van der Waals surface area contributed by atoms with Crippen molar-refractivity contribution < 1.29 is 14.0 Å². The number of furan rings is 1. The SMILES string of the molecule is CC(=O)O/N=C/c1ccoc1C#N. The summed E-state index contributed by atoms with van der Waals surface area (Å²) in [6.45, 7) is 1.23. The first-order valence-corrected chi connectivity index (χ1v) is 3.42. The van der Waals surface area contributed by atoms with Crippen LogP contribution in [-0.2, 0) is 9.63 Å². The lowest BCUT2D eigenvalue weighted by Gasteiger charge is -1.87. The number of nitriles is 1. The van der Waals surface area contributed by atoms with Gasteiger partial charge in [-0.05, 0) is 6.07 Å². The van der Waals surface area contributed by atoms with E-state index in [2.05, 4.69) is 9.99 Å². The molecule has 5 nitrogen and oxygen atoms in total. The Labute approximate surface area is 74.2 Å². The van der Waals surface area contributed by atoms with E-state index in [0.717, 1.165) is 0 Å². The molecule has 1 rings (SSSR count). The molecule has 66 valence electrons. The minimum Gasteiger partial charge on any atom is -0.453 e. The monoisotopic (exact) mass is 178 g/mol. The zero-order chi connectivity index (χ0) is 9.68. The first kappa shape index (κ1) is 9.00. The number of carbonyl (C=O) groups is 1. The summed E-state index contributed by atoms with van der Waals surface area (Å²) in [6, 6.07) is 3.36. The Balaban J connectivity index is 2.69. The van der Waals surface area contributed by atoms with Crippen molar-refractivity contribution in [3.05, 3.63) is 23.7 Å². The second-order valence-electron chi connectivity index (χ2n) is 2.13. The van der Waals surface area contributed by atoms with Gasteiger partial charge in [0.2, 0.25) is 5.76 Å². The van der Waals surface area contributed by atoms with Gasteiger partial charge in [0.15, 0.2) is 0 Å². The summed E-state index contributed by atoms with van der Waals surface area (Å²) in [6.07, 6.45) is 2.59. The van der Waals surface area contributed by atoms with Crippen LogP contribution < -0.4 is 0 Å². The smallest absolute Gasteiger partial charge is 0.331 e. The summed E-state index contributed by atoms with van der Waals surface area (Å²) >= 11 is 0. The van der Waals surface area contributed by atoms with Crippen molar-refractivity contribution in [2.45, 2.75) is 6.92 Å². The third-order valence-corrected chi connectivity index (χ3v) is 1.17. The highest BCUT2D eigenvalue weighted by molar-refractivity contribution is 5.82. The van der Waals surface area contributed by atoms with Crippen LogP contribution in [0.5, 0.6) is 0 Å². The van der Waals surface area contributed by atoms with Gasteiger partial charge in [-0.25, -0.2) is 4.79 Å². The Hall–Kier alpha value is -2.09. The van der Waals surface area contributed by atoms with E-state index in [9.17, 15) is 4.79 Å². The Kier molecular flexibility index (Phi) is 2.82. The minimum absolute atomic E-state index is 0.135. The second kappa shape index (κ2) is 4.07. The van der Waals surface area contributed by atoms with Gasteiger partial charge in [-0.1, -0.05) is 5.16 Å². The van der Waals surface area contributed by atoms with Crippen LogP contribution in [0.1, 0.15) is 18.2 Å². The van der Waals surface area contributed by atoms with E-state index >= 15 is 0 Å². The molecule has 0 saturated carbocycles. The molecule has 1 heterocycles. The van der Waals surface area contributed by atoms with Crippen LogP contribution in [-0.4, -0.2) is 12.2 Å². The highest BCUT2D eigenvalue weighted by atomic mass is 16.7. The molecule has 0 aromatic carbocycles. The zero-order valence-electron chi connectivity index (χ0n) is 6.85.